The monoisotopic (exact) mass is 484 g/mol. The number of carbonyl (C=O) groups excluding carboxylic acids is 1. The van der Waals surface area contributed by atoms with Crippen molar-refractivity contribution in [2.24, 2.45) is 0 Å². The molecule has 1 aliphatic rings. The van der Waals surface area contributed by atoms with Crippen LogP contribution in [-0.4, -0.2) is 45.7 Å². The number of esters is 1. The van der Waals surface area contributed by atoms with Gasteiger partial charge < -0.3 is 24.5 Å². The minimum Gasteiger partial charge on any atom is -0.461 e. The predicted octanol–water partition coefficient (Wildman–Crippen LogP) is 3.79. The minimum atomic E-state index is -1.08. The van der Waals surface area contributed by atoms with Gasteiger partial charge in [-0.25, -0.2) is 9.78 Å². The van der Waals surface area contributed by atoms with E-state index in [9.17, 15) is 9.90 Å². The number of hydrogen-bond acceptors (Lipinski definition) is 7. The summed E-state index contributed by atoms with van der Waals surface area (Å²) < 4.78 is 12.8. The molecule has 0 aliphatic heterocycles. The molecule has 1 aliphatic carbocycles. The van der Waals surface area contributed by atoms with Gasteiger partial charge in [0.2, 0.25) is 0 Å². The number of imidazole rings is 1. The van der Waals surface area contributed by atoms with Gasteiger partial charge in [0, 0.05) is 17.6 Å². The topological polar surface area (TPSA) is 97.6 Å². The van der Waals surface area contributed by atoms with Crippen LogP contribution in [0.15, 0.2) is 60.9 Å². The normalized spacial score (nSPS) is 18.2. The highest BCUT2D eigenvalue weighted by Crippen LogP contribution is 2.25. The van der Waals surface area contributed by atoms with E-state index in [4.69, 9.17) is 21.1 Å². The van der Waals surface area contributed by atoms with Crippen LogP contribution in [0, 0.1) is 0 Å². The molecule has 3 aromatic rings. The van der Waals surface area contributed by atoms with Gasteiger partial charge in [0.15, 0.2) is 17.9 Å². The molecule has 0 saturated heterocycles. The van der Waals surface area contributed by atoms with E-state index in [0.29, 0.717) is 18.2 Å². The molecule has 0 bridgehead atoms. The number of aliphatic hydroxyl groups is 1. The number of anilines is 1. The molecule has 8 nitrogen and oxygen atoms in total. The molecule has 3 N–H and O–H groups in total. The third kappa shape index (κ3) is 6.36. The van der Waals surface area contributed by atoms with Gasteiger partial charge in [0.25, 0.3) is 0 Å². The van der Waals surface area contributed by atoms with E-state index in [-0.39, 0.29) is 30.3 Å². The van der Waals surface area contributed by atoms with Gasteiger partial charge in [-0.3, -0.25) is 5.32 Å². The van der Waals surface area contributed by atoms with Crippen molar-refractivity contribution < 1.29 is 19.4 Å². The van der Waals surface area contributed by atoms with Gasteiger partial charge in [-0.05, 0) is 43.0 Å². The number of hydrogen-bond donors (Lipinski definition) is 3. The maximum Gasteiger partial charge on any atom is 0.358 e. The number of carbonyl (C=O) groups is 1. The van der Waals surface area contributed by atoms with Crippen molar-refractivity contribution in [2.75, 3.05) is 11.9 Å². The standard InChI is InChI=1S/C25H29ClN4O4/c1-2-33-24(31)22-23(27-16-30(22)14-17-8-10-19(26)11-9-17)29-25(32)28-20-12-21(13-20)34-15-18-6-4-3-5-7-18/h3-11,16,20-21,25,28-29,32H,2,12-15H2,1H3. The van der Waals surface area contributed by atoms with Crippen molar-refractivity contribution in [3.8, 4) is 0 Å². The summed E-state index contributed by atoms with van der Waals surface area (Å²) in [6, 6.07) is 17.5. The van der Waals surface area contributed by atoms with Crippen molar-refractivity contribution in [3.63, 3.8) is 0 Å². The Labute approximate surface area is 203 Å². The maximum absolute atomic E-state index is 12.6. The highest BCUT2D eigenvalue weighted by atomic mass is 35.5. The lowest BCUT2D eigenvalue weighted by Crippen LogP contribution is -2.51. The average Bonchev–Trinajstić information content (AvgIpc) is 3.19. The first-order valence-electron chi connectivity index (χ1n) is 11.3. The number of aliphatic hydroxyl groups excluding tert-OH is 1. The summed E-state index contributed by atoms with van der Waals surface area (Å²) >= 11 is 5.97. The fraction of sp³-hybridized carbons (Fsp3) is 0.360. The fourth-order valence-electron chi connectivity index (χ4n) is 3.83. The van der Waals surface area contributed by atoms with E-state index < -0.39 is 12.3 Å². The molecule has 34 heavy (non-hydrogen) atoms. The number of ether oxygens (including phenoxy) is 2. The Kier molecular flexibility index (Phi) is 8.18. The summed E-state index contributed by atoms with van der Waals surface area (Å²) in [7, 11) is 0. The van der Waals surface area contributed by atoms with Crippen molar-refractivity contribution in [3.05, 3.63) is 82.8 Å². The molecule has 1 unspecified atom stereocenters. The Morgan fingerprint density at radius 3 is 2.62 bits per heavy atom. The summed E-state index contributed by atoms with van der Waals surface area (Å²) in [5, 5.41) is 17.1. The number of halogens is 1. The molecule has 1 heterocycles. The number of nitrogens with one attached hydrogen (secondary N) is 2. The van der Waals surface area contributed by atoms with Crippen molar-refractivity contribution >= 4 is 23.4 Å². The zero-order chi connectivity index (χ0) is 23.9. The summed E-state index contributed by atoms with van der Waals surface area (Å²) in [5.74, 6) is -0.259. The molecule has 2 aromatic carbocycles. The SMILES string of the molecule is CCOC(=O)c1c(NC(O)NC2CC(OCc3ccccc3)C2)ncn1Cc1ccc(Cl)cc1. The van der Waals surface area contributed by atoms with Crippen molar-refractivity contribution in [1.29, 1.82) is 0 Å². The molecule has 180 valence electrons. The Hall–Kier alpha value is -2.91. The lowest BCUT2D eigenvalue weighted by atomic mass is 9.89. The summed E-state index contributed by atoms with van der Waals surface area (Å²) in [6.45, 7) is 2.96. The molecular weight excluding hydrogens is 456 g/mol. The summed E-state index contributed by atoms with van der Waals surface area (Å²) in [6.07, 6.45) is 2.21. The first kappa shape index (κ1) is 24.2. The highest BCUT2D eigenvalue weighted by molar-refractivity contribution is 6.30. The number of nitrogens with zero attached hydrogens (tertiary/aromatic N) is 2. The van der Waals surface area contributed by atoms with E-state index in [2.05, 4.69) is 15.6 Å². The Morgan fingerprint density at radius 2 is 1.91 bits per heavy atom. The molecule has 0 spiro atoms. The Balaban J connectivity index is 1.32. The fourth-order valence-corrected chi connectivity index (χ4v) is 3.95. The van der Waals surface area contributed by atoms with Crippen LogP contribution in [0.1, 0.15) is 41.4 Å². The second-order valence-corrected chi connectivity index (χ2v) is 8.65. The highest BCUT2D eigenvalue weighted by Gasteiger charge is 2.31. The quantitative estimate of drug-likeness (QED) is 0.281. The van der Waals surface area contributed by atoms with Gasteiger partial charge >= 0.3 is 5.97 Å². The molecule has 1 fully saturated rings. The third-order valence-electron chi connectivity index (χ3n) is 5.66. The maximum atomic E-state index is 12.6. The lowest BCUT2D eigenvalue weighted by Gasteiger charge is -2.37. The van der Waals surface area contributed by atoms with Crippen LogP contribution >= 0.6 is 11.6 Å². The predicted molar refractivity (Wildman–Crippen MR) is 130 cm³/mol. The average molecular weight is 485 g/mol. The van der Waals surface area contributed by atoms with E-state index in [1.807, 2.05) is 42.5 Å². The first-order valence-corrected chi connectivity index (χ1v) is 11.7. The molecule has 1 aromatic heterocycles. The van der Waals surface area contributed by atoms with E-state index >= 15 is 0 Å². The summed E-state index contributed by atoms with van der Waals surface area (Å²) in [5.41, 5.74) is 2.34. The van der Waals surface area contributed by atoms with Crippen LogP contribution in [0.25, 0.3) is 0 Å². The van der Waals surface area contributed by atoms with Gasteiger partial charge in [-0.2, -0.15) is 0 Å². The first-order chi connectivity index (χ1) is 16.5. The zero-order valence-electron chi connectivity index (χ0n) is 19.0. The van der Waals surface area contributed by atoms with Crippen LogP contribution in [0.4, 0.5) is 5.82 Å². The van der Waals surface area contributed by atoms with Gasteiger partial charge in [-0.1, -0.05) is 54.1 Å². The van der Waals surface area contributed by atoms with Crippen LogP contribution in [0.5, 0.6) is 0 Å². The van der Waals surface area contributed by atoms with Crippen LogP contribution in [0.3, 0.4) is 0 Å². The number of aromatic nitrogens is 2. The smallest absolute Gasteiger partial charge is 0.358 e. The lowest BCUT2D eigenvalue weighted by molar-refractivity contribution is -0.0365. The van der Waals surface area contributed by atoms with Crippen LogP contribution in [-0.2, 0) is 22.6 Å². The van der Waals surface area contributed by atoms with Gasteiger partial charge in [0.1, 0.15) is 0 Å². The molecule has 9 heteroatoms. The van der Waals surface area contributed by atoms with Crippen molar-refractivity contribution in [1.82, 2.24) is 14.9 Å². The molecule has 1 atom stereocenters. The molecular formula is C25H29ClN4O4. The van der Waals surface area contributed by atoms with E-state index in [0.717, 1.165) is 24.0 Å². The number of benzene rings is 2. The molecule has 1 saturated carbocycles. The minimum absolute atomic E-state index is 0.102. The van der Waals surface area contributed by atoms with Crippen LogP contribution < -0.4 is 10.6 Å². The second kappa shape index (κ2) is 11.5. The Bertz CT molecular complexity index is 1070. The van der Waals surface area contributed by atoms with Crippen molar-refractivity contribution in [2.45, 2.75) is 51.4 Å². The Morgan fingerprint density at radius 1 is 1.18 bits per heavy atom. The molecule has 0 amide bonds. The second-order valence-electron chi connectivity index (χ2n) is 8.22. The molecule has 4 rings (SSSR count). The van der Waals surface area contributed by atoms with Crippen LogP contribution in [0.2, 0.25) is 5.02 Å². The van der Waals surface area contributed by atoms with E-state index in [1.54, 1.807) is 30.0 Å². The van der Waals surface area contributed by atoms with E-state index in [1.165, 1.54) is 0 Å². The zero-order valence-corrected chi connectivity index (χ0v) is 19.7. The van der Waals surface area contributed by atoms with Gasteiger partial charge in [0.05, 0.1) is 25.6 Å². The largest absolute Gasteiger partial charge is 0.461 e. The molecule has 0 radical (unpaired) electrons. The van der Waals surface area contributed by atoms with Gasteiger partial charge in [-0.15, -0.1) is 0 Å². The number of rotatable bonds is 11. The third-order valence-corrected chi connectivity index (χ3v) is 5.92. The summed E-state index contributed by atoms with van der Waals surface area (Å²) in [4.78, 5) is 16.9.